The highest BCUT2D eigenvalue weighted by Crippen LogP contribution is 2.38. The van der Waals surface area contributed by atoms with Crippen molar-refractivity contribution in [2.24, 2.45) is 0 Å². The summed E-state index contributed by atoms with van der Waals surface area (Å²) in [6.07, 6.45) is 0.913. The Bertz CT molecular complexity index is 986. The fraction of sp³-hybridized carbons (Fsp3) is 0.364. The molecule has 2 heterocycles. The van der Waals surface area contributed by atoms with Gasteiger partial charge in [0.05, 0.1) is 10.8 Å². The van der Waals surface area contributed by atoms with Gasteiger partial charge in [-0.1, -0.05) is 29.8 Å². The van der Waals surface area contributed by atoms with Crippen molar-refractivity contribution in [3.05, 3.63) is 71.0 Å². The maximum Gasteiger partial charge on any atom is 0.253 e. The van der Waals surface area contributed by atoms with Gasteiger partial charge in [-0.25, -0.2) is 4.39 Å². The molecule has 1 unspecified atom stereocenters. The maximum atomic E-state index is 13.6. The zero-order valence-corrected chi connectivity index (χ0v) is 17.1. The Balaban J connectivity index is 1.52. The molecule has 1 atom stereocenters. The van der Waals surface area contributed by atoms with Crippen molar-refractivity contribution >= 4 is 22.6 Å². The molecule has 0 radical (unpaired) electrons. The fourth-order valence-corrected chi connectivity index (χ4v) is 5.94. The van der Waals surface area contributed by atoms with Gasteiger partial charge in [0.25, 0.3) is 5.91 Å². The van der Waals surface area contributed by atoms with Gasteiger partial charge in [-0.2, -0.15) is 0 Å². The number of aryl methyl sites for hydroxylation is 1. The lowest BCUT2D eigenvalue weighted by Gasteiger charge is -2.43. The Morgan fingerprint density at radius 1 is 1.14 bits per heavy atom. The summed E-state index contributed by atoms with van der Waals surface area (Å²) in [6.45, 7) is 3.05. The average molecular weight is 415 g/mol. The molecule has 2 aliphatic heterocycles. The maximum absolute atomic E-state index is 13.6. The van der Waals surface area contributed by atoms with Crippen molar-refractivity contribution in [1.29, 1.82) is 0 Å². The standard InChI is InChI=1S/C22H23FN2O3S/c1-16-4-2-6-18(12-16)21(27)24-10-8-22(9-11-24)25(20(26)15-29(22)28)14-17-5-3-7-19(23)13-17/h2-7,12-13H,8-11,14-15H2,1H3. The van der Waals surface area contributed by atoms with E-state index in [9.17, 15) is 18.2 Å². The summed E-state index contributed by atoms with van der Waals surface area (Å²) >= 11 is 0. The zero-order chi connectivity index (χ0) is 20.6. The number of carbonyl (C=O) groups excluding carboxylic acids is 2. The smallest absolute Gasteiger partial charge is 0.253 e. The van der Waals surface area contributed by atoms with Crippen LogP contribution in [0, 0.1) is 12.7 Å². The molecule has 2 aliphatic rings. The first-order chi connectivity index (χ1) is 13.9. The molecule has 2 fully saturated rings. The minimum Gasteiger partial charge on any atom is -0.338 e. The number of hydrogen-bond donors (Lipinski definition) is 0. The largest absolute Gasteiger partial charge is 0.338 e. The number of likely N-dealkylation sites (tertiary alicyclic amines) is 1. The van der Waals surface area contributed by atoms with E-state index in [0.29, 0.717) is 37.1 Å². The van der Waals surface area contributed by atoms with Crippen LogP contribution in [-0.2, 0) is 22.1 Å². The third-order valence-corrected chi connectivity index (χ3v) is 7.78. The first-order valence-electron chi connectivity index (χ1n) is 9.68. The monoisotopic (exact) mass is 414 g/mol. The normalized spacial score (nSPS) is 21.0. The Morgan fingerprint density at radius 3 is 2.55 bits per heavy atom. The van der Waals surface area contributed by atoms with Crippen molar-refractivity contribution in [2.45, 2.75) is 31.2 Å². The Morgan fingerprint density at radius 2 is 1.86 bits per heavy atom. The summed E-state index contributed by atoms with van der Waals surface area (Å²) in [5, 5.41) is 0. The van der Waals surface area contributed by atoms with Crippen LogP contribution < -0.4 is 0 Å². The van der Waals surface area contributed by atoms with E-state index in [0.717, 1.165) is 5.56 Å². The van der Waals surface area contributed by atoms with Crippen LogP contribution in [0.25, 0.3) is 0 Å². The number of hydrogen-bond acceptors (Lipinski definition) is 3. The number of benzene rings is 2. The lowest BCUT2D eigenvalue weighted by atomic mass is 10.00. The van der Waals surface area contributed by atoms with Gasteiger partial charge < -0.3 is 9.80 Å². The molecule has 0 bridgehead atoms. The van der Waals surface area contributed by atoms with Crippen LogP contribution in [0.5, 0.6) is 0 Å². The molecule has 1 spiro atoms. The van der Waals surface area contributed by atoms with Crippen molar-refractivity contribution in [3.8, 4) is 0 Å². The van der Waals surface area contributed by atoms with Crippen molar-refractivity contribution in [2.75, 3.05) is 18.8 Å². The highest BCUT2D eigenvalue weighted by Gasteiger charge is 2.53. The van der Waals surface area contributed by atoms with Crippen molar-refractivity contribution < 1.29 is 18.2 Å². The number of piperidine rings is 1. The molecule has 7 heteroatoms. The van der Waals surface area contributed by atoms with E-state index in [1.807, 2.05) is 25.1 Å². The minimum atomic E-state index is -1.34. The number of amides is 2. The third-order valence-electron chi connectivity index (χ3n) is 5.80. The van der Waals surface area contributed by atoms with E-state index in [-0.39, 0.29) is 29.9 Å². The van der Waals surface area contributed by atoms with Gasteiger partial charge in [0.15, 0.2) is 0 Å². The van der Waals surface area contributed by atoms with E-state index in [1.54, 1.807) is 28.0 Å². The quantitative estimate of drug-likeness (QED) is 0.776. The molecule has 0 aliphatic carbocycles. The Kier molecular flexibility index (Phi) is 5.25. The van der Waals surface area contributed by atoms with Gasteiger partial charge in [0.1, 0.15) is 16.4 Å². The third kappa shape index (κ3) is 3.71. The van der Waals surface area contributed by atoms with E-state index >= 15 is 0 Å². The highest BCUT2D eigenvalue weighted by atomic mass is 32.2. The molecule has 152 valence electrons. The SMILES string of the molecule is Cc1cccc(C(=O)N2CCC3(CC2)N(Cc2cccc(F)c2)C(=O)CS3=O)c1. The number of rotatable bonds is 3. The number of carbonyl (C=O) groups is 2. The van der Waals surface area contributed by atoms with Gasteiger partial charge in [0, 0.05) is 38.0 Å². The minimum absolute atomic E-state index is 0.0128. The number of nitrogens with zero attached hydrogens (tertiary/aromatic N) is 2. The second-order valence-corrected chi connectivity index (χ2v) is 9.45. The molecule has 2 aromatic rings. The van der Waals surface area contributed by atoms with E-state index in [4.69, 9.17) is 0 Å². The molecular formula is C22H23FN2O3S. The molecule has 0 N–H and O–H groups in total. The summed E-state index contributed by atoms with van der Waals surface area (Å²) in [5.41, 5.74) is 2.34. The molecule has 2 amide bonds. The van der Waals surface area contributed by atoms with Crippen LogP contribution in [-0.4, -0.2) is 49.5 Å². The van der Waals surface area contributed by atoms with Gasteiger partial charge in [0.2, 0.25) is 5.91 Å². The van der Waals surface area contributed by atoms with Crippen LogP contribution in [0.2, 0.25) is 0 Å². The lowest BCUT2D eigenvalue weighted by Crippen LogP contribution is -2.55. The summed E-state index contributed by atoms with van der Waals surface area (Å²) < 4.78 is 26.5. The predicted octanol–water partition coefficient (Wildman–Crippen LogP) is 2.86. The topological polar surface area (TPSA) is 57.7 Å². The first-order valence-corrected chi connectivity index (χ1v) is 11.0. The van der Waals surface area contributed by atoms with Crippen LogP contribution >= 0.6 is 0 Å². The zero-order valence-electron chi connectivity index (χ0n) is 16.3. The van der Waals surface area contributed by atoms with Gasteiger partial charge >= 0.3 is 0 Å². The molecular weight excluding hydrogens is 391 g/mol. The summed E-state index contributed by atoms with van der Waals surface area (Å²) in [4.78, 5) is 28.0. The van der Waals surface area contributed by atoms with Gasteiger partial charge in [-0.3, -0.25) is 13.8 Å². The molecule has 0 aromatic heterocycles. The second-order valence-electron chi connectivity index (χ2n) is 7.71. The molecule has 4 rings (SSSR count). The summed E-state index contributed by atoms with van der Waals surface area (Å²) in [5.74, 6) is -0.592. The average Bonchev–Trinajstić information content (AvgIpc) is 2.92. The second kappa shape index (κ2) is 7.71. The van der Waals surface area contributed by atoms with Crippen molar-refractivity contribution in [3.63, 3.8) is 0 Å². The fourth-order valence-electron chi connectivity index (χ4n) is 4.24. The van der Waals surface area contributed by atoms with E-state index in [1.165, 1.54) is 12.1 Å². The Labute approximate surface area is 172 Å². The molecule has 29 heavy (non-hydrogen) atoms. The number of halogens is 1. The first kappa shape index (κ1) is 19.8. The van der Waals surface area contributed by atoms with E-state index < -0.39 is 15.7 Å². The van der Waals surface area contributed by atoms with Crippen LogP contribution in [0.4, 0.5) is 4.39 Å². The van der Waals surface area contributed by atoms with Crippen LogP contribution in [0.1, 0.15) is 34.3 Å². The van der Waals surface area contributed by atoms with Crippen LogP contribution in [0.15, 0.2) is 48.5 Å². The van der Waals surface area contributed by atoms with E-state index in [2.05, 4.69) is 0 Å². The predicted molar refractivity (Wildman–Crippen MR) is 109 cm³/mol. The summed E-state index contributed by atoms with van der Waals surface area (Å²) in [7, 11) is -1.34. The van der Waals surface area contributed by atoms with Gasteiger partial charge in [-0.15, -0.1) is 0 Å². The van der Waals surface area contributed by atoms with Gasteiger partial charge in [-0.05, 0) is 36.8 Å². The highest BCUT2D eigenvalue weighted by molar-refractivity contribution is 7.87. The molecule has 2 aromatic carbocycles. The Hall–Kier alpha value is -2.54. The molecule has 0 saturated carbocycles. The van der Waals surface area contributed by atoms with Crippen LogP contribution in [0.3, 0.4) is 0 Å². The lowest BCUT2D eigenvalue weighted by molar-refractivity contribution is -0.131. The summed E-state index contributed by atoms with van der Waals surface area (Å²) in [6, 6.07) is 13.6. The molecule has 5 nitrogen and oxygen atoms in total. The molecule has 2 saturated heterocycles. The van der Waals surface area contributed by atoms with Crippen molar-refractivity contribution in [1.82, 2.24) is 9.80 Å².